The molecular formula is C18H21FN2O4. The first-order valence-corrected chi connectivity index (χ1v) is 7.90. The fourth-order valence-corrected chi connectivity index (χ4v) is 2.29. The van der Waals surface area contributed by atoms with Crippen LogP contribution in [0.4, 0.5) is 9.18 Å². The number of benzene rings is 1. The van der Waals surface area contributed by atoms with Gasteiger partial charge in [-0.3, -0.25) is 0 Å². The summed E-state index contributed by atoms with van der Waals surface area (Å²) in [4.78, 5) is 15.1. The lowest BCUT2D eigenvalue weighted by Gasteiger charge is -2.19. The van der Waals surface area contributed by atoms with Crippen molar-refractivity contribution in [1.29, 1.82) is 0 Å². The molecule has 25 heavy (non-hydrogen) atoms. The zero-order valence-electron chi connectivity index (χ0n) is 13.9. The quantitative estimate of drug-likeness (QED) is 0.668. The Morgan fingerprint density at radius 2 is 2.04 bits per heavy atom. The molecule has 0 saturated heterocycles. The Labute approximate surface area is 145 Å². The van der Waals surface area contributed by atoms with E-state index in [-0.39, 0.29) is 25.1 Å². The zero-order chi connectivity index (χ0) is 18.2. The molecule has 3 N–H and O–H groups in total. The van der Waals surface area contributed by atoms with Gasteiger partial charge in [-0.25, -0.2) is 9.78 Å². The van der Waals surface area contributed by atoms with Crippen LogP contribution >= 0.6 is 0 Å². The van der Waals surface area contributed by atoms with Gasteiger partial charge >= 0.3 is 6.09 Å². The number of halogens is 1. The van der Waals surface area contributed by atoms with Crippen LogP contribution in [0.15, 0.2) is 42.6 Å². The summed E-state index contributed by atoms with van der Waals surface area (Å²) in [5, 5.41) is 22.6. The molecule has 0 fully saturated rings. The van der Waals surface area contributed by atoms with Crippen LogP contribution in [0.1, 0.15) is 29.2 Å². The predicted octanol–water partition coefficient (Wildman–Crippen LogP) is 2.24. The Balaban J connectivity index is 1.75. The van der Waals surface area contributed by atoms with Crippen LogP contribution < -0.4 is 5.32 Å². The van der Waals surface area contributed by atoms with Crippen molar-refractivity contribution < 1.29 is 24.1 Å². The number of nitrogens with zero attached hydrogens (tertiary/aromatic N) is 1. The summed E-state index contributed by atoms with van der Waals surface area (Å²) in [7, 11) is 0. The molecule has 0 radical (unpaired) electrons. The highest BCUT2D eigenvalue weighted by molar-refractivity contribution is 5.67. The average molecular weight is 348 g/mol. The number of aryl methyl sites for hydroxylation is 1. The highest BCUT2D eigenvalue weighted by atomic mass is 19.1. The normalized spacial score (nSPS) is 13.1. The van der Waals surface area contributed by atoms with E-state index in [0.29, 0.717) is 5.56 Å². The lowest BCUT2D eigenvalue weighted by molar-refractivity contribution is 0.0130. The van der Waals surface area contributed by atoms with Crippen molar-refractivity contribution >= 4 is 6.09 Å². The number of carbonyl (C=O) groups is 1. The number of alkyl carbamates (subject to hydrolysis) is 1. The van der Waals surface area contributed by atoms with Gasteiger partial charge in [0, 0.05) is 12.7 Å². The maximum absolute atomic E-state index is 13.2. The fraction of sp³-hybridized carbons (Fsp3) is 0.333. The number of amides is 1. The molecule has 7 heteroatoms. The summed E-state index contributed by atoms with van der Waals surface area (Å²) in [5.41, 5.74) is 1.71. The number of hydrogen-bond donors (Lipinski definition) is 3. The minimum absolute atomic E-state index is 0.0883. The second-order valence-corrected chi connectivity index (χ2v) is 5.65. The Hall–Kier alpha value is -2.51. The van der Waals surface area contributed by atoms with E-state index in [2.05, 4.69) is 10.3 Å². The molecule has 2 unspecified atom stereocenters. The first kappa shape index (κ1) is 18.8. The zero-order valence-corrected chi connectivity index (χ0v) is 13.9. The third-order valence-electron chi connectivity index (χ3n) is 3.72. The van der Waals surface area contributed by atoms with Gasteiger partial charge in [-0.2, -0.15) is 4.39 Å². The van der Waals surface area contributed by atoms with Gasteiger partial charge in [0.2, 0.25) is 5.95 Å². The highest BCUT2D eigenvalue weighted by Gasteiger charge is 2.21. The van der Waals surface area contributed by atoms with Gasteiger partial charge in [-0.05, 0) is 36.1 Å². The monoisotopic (exact) mass is 348 g/mol. The lowest BCUT2D eigenvalue weighted by atomic mass is 9.99. The van der Waals surface area contributed by atoms with Crippen LogP contribution in [0.3, 0.4) is 0 Å². The van der Waals surface area contributed by atoms with Crippen molar-refractivity contribution in [2.24, 2.45) is 0 Å². The predicted molar refractivity (Wildman–Crippen MR) is 89.1 cm³/mol. The van der Waals surface area contributed by atoms with E-state index in [9.17, 15) is 19.4 Å². The average Bonchev–Trinajstić information content (AvgIpc) is 2.62. The van der Waals surface area contributed by atoms with Crippen molar-refractivity contribution in [2.75, 3.05) is 6.54 Å². The number of aliphatic hydroxyl groups is 2. The van der Waals surface area contributed by atoms with E-state index >= 15 is 0 Å². The van der Waals surface area contributed by atoms with Crippen LogP contribution in [0.25, 0.3) is 0 Å². The molecule has 1 heterocycles. The van der Waals surface area contributed by atoms with Gasteiger partial charge < -0.3 is 20.3 Å². The summed E-state index contributed by atoms with van der Waals surface area (Å²) in [6, 6.07) is 10.3. The fourth-order valence-electron chi connectivity index (χ4n) is 2.29. The highest BCUT2D eigenvalue weighted by Crippen LogP contribution is 2.22. The van der Waals surface area contributed by atoms with Crippen LogP contribution in [0.2, 0.25) is 0 Å². The largest absolute Gasteiger partial charge is 0.445 e. The number of hydrogen-bond acceptors (Lipinski definition) is 5. The molecule has 2 atom stereocenters. The lowest BCUT2D eigenvalue weighted by Crippen LogP contribution is -2.30. The smallest absolute Gasteiger partial charge is 0.407 e. The van der Waals surface area contributed by atoms with Crippen LogP contribution in [0, 0.1) is 12.9 Å². The van der Waals surface area contributed by atoms with Gasteiger partial charge in [-0.15, -0.1) is 0 Å². The molecule has 0 saturated carbocycles. The first-order chi connectivity index (χ1) is 12.0. The molecular weight excluding hydrogens is 327 g/mol. The minimum Gasteiger partial charge on any atom is -0.445 e. The molecule has 1 aromatic heterocycles. The summed E-state index contributed by atoms with van der Waals surface area (Å²) in [6.45, 7) is 1.92. The van der Waals surface area contributed by atoms with Crippen LogP contribution in [-0.2, 0) is 11.3 Å². The molecule has 6 nitrogen and oxygen atoms in total. The summed E-state index contributed by atoms with van der Waals surface area (Å²) >= 11 is 0. The van der Waals surface area contributed by atoms with Gasteiger partial charge in [0.1, 0.15) is 12.7 Å². The topological polar surface area (TPSA) is 91.7 Å². The third-order valence-corrected chi connectivity index (χ3v) is 3.72. The van der Waals surface area contributed by atoms with Crippen LogP contribution in [0.5, 0.6) is 0 Å². The van der Waals surface area contributed by atoms with Crippen molar-refractivity contribution in [2.45, 2.75) is 32.2 Å². The van der Waals surface area contributed by atoms with Crippen LogP contribution in [-0.4, -0.2) is 33.9 Å². The number of aliphatic hydroxyl groups excluding tert-OH is 2. The van der Waals surface area contributed by atoms with Gasteiger partial charge in [-0.1, -0.05) is 30.3 Å². The standard InChI is InChI=1S/C18H21FN2O4/c1-12-10-21-16(19)9-14(12)17(23)15(22)7-8-20-18(24)25-11-13-5-3-2-4-6-13/h2-6,9-10,15,17,22-23H,7-8,11H2,1H3,(H,20,24). The second kappa shape index (κ2) is 9.10. The Morgan fingerprint density at radius 3 is 2.76 bits per heavy atom. The Morgan fingerprint density at radius 1 is 1.32 bits per heavy atom. The van der Waals surface area contributed by atoms with Gasteiger partial charge in [0.05, 0.1) is 6.10 Å². The van der Waals surface area contributed by atoms with E-state index in [4.69, 9.17) is 4.74 Å². The number of ether oxygens (including phenoxy) is 1. The molecule has 134 valence electrons. The van der Waals surface area contributed by atoms with E-state index in [0.717, 1.165) is 11.6 Å². The third kappa shape index (κ3) is 5.81. The summed E-state index contributed by atoms with van der Waals surface area (Å²) < 4.78 is 18.2. The van der Waals surface area contributed by atoms with Crippen molar-refractivity contribution in [3.05, 3.63) is 65.2 Å². The van der Waals surface area contributed by atoms with Gasteiger partial charge in [0.25, 0.3) is 0 Å². The number of carbonyl (C=O) groups excluding carboxylic acids is 1. The van der Waals surface area contributed by atoms with E-state index < -0.39 is 24.2 Å². The minimum atomic E-state index is -1.26. The SMILES string of the molecule is Cc1cnc(F)cc1C(O)C(O)CCNC(=O)OCc1ccccc1. The van der Waals surface area contributed by atoms with Crippen molar-refractivity contribution in [3.8, 4) is 0 Å². The number of aromatic nitrogens is 1. The second-order valence-electron chi connectivity index (χ2n) is 5.65. The van der Waals surface area contributed by atoms with Crippen molar-refractivity contribution in [3.63, 3.8) is 0 Å². The summed E-state index contributed by atoms with van der Waals surface area (Å²) in [5.74, 6) is -0.727. The number of nitrogens with one attached hydrogen (secondary N) is 1. The number of rotatable bonds is 7. The molecule has 1 aromatic carbocycles. The summed E-state index contributed by atoms with van der Waals surface area (Å²) in [6.07, 6.45) is -1.66. The van der Waals surface area contributed by atoms with E-state index in [1.54, 1.807) is 6.92 Å². The maximum Gasteiger partial charge on any atom is 0.407 e. The molecule has 1 amide bonds. The molecule has 0 aliphatic rings. The Kier molecular flexibility index (Phi) is 6.85. The molecule has 0 spiro atoms. The molecule has 2 rings (SSSR count). The van der Waals surface area contributed by atoms with Gasteiger partial charge in [0.15, 0.2) is 0 Å². The molecule has 0 bridgehead atoms. The van der Waals surface area contributed by atoms with E-state index in [1.807, 2.05) is 30.3 Å². The molecule has 0 aliphatic heterocycles. The number of pyridine rings is 1. The Bertz CT molecular complexity index is 697. The molecule has 0 aliphatic carbocycles. The van der Waals surface area contributed by atoms with Crippen molar-refractivity contribution in [1.82, 2.24) is 10.3 Å². The first-order valence-electron chi connectivity index (χ1n) is 7.90. The maximum atomic E-state index is 13.2. The van der Waals surface area contributed by atoms with E-state index in [1.165, 1.54) is 6.20 Å². The molecule has 2 aromatic rings.